The van der Waals surface area contributed by atoms with Crippen LogP contribution < -0.4 is 11.1 Å². The molecule has 8 heteroatoms. The van der Waals surface area contributed by atoms with Gasteiger partial charge in [-0.3, -0.25) is 9.48 Å². The number of rotatable bonds is 6. The lowest BCUT2D eigenvalue weighted by molar-refractivity contribution is 0.0651. The Bertz CT molecular complexity index is 1060. The van der Waals surface area contributed by atoms with Crippen molar-refractivity contribution < 1.29 is 9.90 Å². The van der Waals surface area contributed by atoms with Crippen LogP contribution in [0.2, 0.25) is 0 Å². The van der Waals surface area contributed by atoms with Gasteiger partial charge in [0.1, 0.15) is 0 Å². The van der Waals surface area contributed by atoms with Crippen molar-refractivity contribution in [2.24, 2.45) is 5.73 Å². The molecule has 2 heterocycles. The van der Waals surface area contributed by atoms with E-state index in [0.29, 0.717) is 35.6 Å². The van der Waals surface area contributed by atoms with E-state index < -0.39 is 11.5 Å². The molecule has 8 nitrogen and oxygen atoms in total. The van der Waals surface area contributed by atoms with Crippen molar-refractivity contribution in [3.8, 4) is 11.8 Å². The molecule has 4 N–H and O–H groups in total. The number of aryl methyl sites for hydroxylation is 1. The van der Waals surface area contributed by atoms with Gasteiger partial charge in [0.2, 0.25) is 11.9 Å². The topological polar surface area (TPSA) is 119 Å². The molecule has 0 unspecified atom stereocenters. The van der Waals surface area contributed by atoms with E-state index in [2.05, 4.69) is 32.2 Å². The van der Waals surface area contributed by atoms with Crippen molar-refractivity contribution in [3.63, 3.8) is 0 Å². The Morgan fingerprint density at radius 2 is 1.93 bits per heavy atom. The van der Waals surface area contributed by atoms with Crippen LogP contribution >= 0.6 is 0 Å². The average molecular weight is 390 g/mol. The van der Waals surface area contributed by atoms with Crippen molar-refractivity contribution in [1.29, 1.82) is 0 Å². The molecule has 0 saturated heterocycles. The van der Waals surface area contributed by atoms with Crippen molar-refractivity contribution in [2.75, 3.05) is 5.32 Å². The number of benzene rings is 1. The first-order valence-corrected chi connectivity index (χ1v) is 9.04. The molecule has 29 heavy (non-hydrogen) atoms. The van der Waals surface area contributed by atoms with Crippen molar-refractivity contribution >= 4 is 17.5 Å². The van der Waals surface area contributed by atoms with Gasteiger partial charge >= 0.3 is 0 Å². The number of hydrogen-bond donors (Lipinski definition) is 3. The Morgan fingerprint density at radius 1 is 1.21 bits per heavy atom. The lowest BCUT2D eigenvalue weighted by Gasteiger charge is -2.16. The molecule has 3 aromatic rings. The van der Waals surface area contributed by atoms with Crippen LogP contribution in [0.4, 0.5) is 11.6 Å². The van der Waals surface area contributed by atoms with E-state index in [-0.39, 0.29) is 0 Å². The van der Waals surface area contributed by atoms with Crippen molar-refractivity contribution in [1.82, 2.24) is 19.7 Å². The predicted octanol–water partition coefficient (Wildman–Crippen LogP) is 2.08. The lowest BCUT2D eigenvalue weighted by Crippen LogP contribution is -2.21. The van der Waals surface area contributed by atoms with Gasteiger partial charge in [-0.25, -0.2) is 9.97 Å². The van der Waals surface area contributed by atoms with Gasteiger partial charge < -0.3 is 16.2 Å². The predicted molar refractivity (Wildman–Crippen MR) is 109 cm³/mol. The van der Waals surface area contributed by atoms with Gasteiger partial charge in [-0.15, -0.1) is 0 Å². The molecule has 0 aliphatic heterocycles. The number of carbonyl (C=O) groups is 1. The standard InChI is InChI=1S/C21H22N6O2/c1-21(2,29)8-9-27-14-18(13-25-27)26-20-23-11-16(12-24-20)7-6-15-4-3-5-17(10-15)19(22)28/h3-5,10-14,29H,8-9H2,1-2H3,(H2,22,28)(H,23,24,26). The number of amides is 1. The van der Waals surface area contributed by atoms with Gasteiger partial charge in [0.25, 0.3) is 0 Å². The summed E-state index contributed by atoms with van der Waals surface area (Å²) in [4.78, 5) is 19.7. The molecule has 148 valence electrons. The second kappa shape index (κ2) is 8.54. The van der Waals surface area contributed by atoms with Gasteiger partial charge in [-0.05, 0) is 38.5 Å². The fourth-order valence-corrected chi connectivity index (χ4v) is 2.42. The lowest BCUT2D eigenvalue weighted by atomic mass is 10.1. The van der Waals surface area contributed by atoms with Gasteiger partial charge in [0, 0.05) is 36.3 Å². The minimum atomic E-state index is -0.735. The second-order valence-corrected chi connectivity index (χ2v) is 7.17. The van der Waals surface area contributed by atoms with Crippen LogP contribution in [0.15, 0.2) is 49.1 Å². The average Bonchev–Trinajstić information content (AvgIpc) is 3.13. The van der Waals surface area contributed by atoms with E-state index >= 15 is 0 Å². The number of hydrogen-bond acceptors (Lipinski definition) is 6. The van der Waals surface area contributed by atoms with E-state index in [1.54, 1.807) is 61.4 Å². The molecule has 0 spiro atoms. The van der Waals surface area contributed by atoms with Crippen LogP contribution in [0, 0.1) is 11.8 Å². The molecule has 0 aliphatic carbocycles. The third-order valence-corrected chi connectivity index (χ3v) is 3.99. The number of aliphatic hydroxyl groups is 1. The molecule has 0 bridgehead atoms. The van der Waals surface area contributed by atoms with Crippen molar-refractivity contribution in [2.45, 2.75) is 32.4 Å². The zero-order valence-corrected chi connectivity index (χ0v) is 16.3. The van der Waals surface area contributed by atoms with Crippen LogP contribution in [0.3, 0.4) is 0 Å². The molecule has 1 aromatic carbocycles. The Morgan fingerprint density at radius 3 is 2.62 bits per heavy atom. The van der Waals surface area contributed by atoms with Gasteiger partial charge in [0.15, 0.2) is 0 Å². The quantitative estimate of drug-likeness (QED) is 0.555. The minimum absolute atomic E-state index is 0.413. The van der Waals surface area contributed by atoms with E-state index in [1.165, 1.54) is 0 Å². The van der Waals surface area contributed by atoms with E-state index in [1.807, 2.05) is 6.20 Å². The fourth-order valence-electron chi connectivity index (χ4n) is 2.42. The van der Waals surface area contributed by atoms with E-state index in [9.17, 15) is 9.90 Å². The Balaban J connectivity index is 1.62. The molecule has 3 rings (SSSR count). The number of carbonyl (C=O) groups excluding carboxylic acids is 1. The molecule has 1 amide bonds. The molecule has 0 radical (unpaired) electrons. The highest BCUT2D eigenvalue weighted by Crippen LogP contribution is 2.14. The third-order valence-electron chi connectivity index (χ3n) is 3.99. The molecule has 2 aromatic heterocycles. The summed E-state index contributed by atoms with van der Waals surface area (Å²) in [6, 6.07) is 6.81. The Labute approximate surface area is 168 Å². The number of nitrogens with zero attached hydrogens (tertiary/aromatic N) is 4. The smallest absolute Gasteiger partial charge is 0.248 e. The summed E-state index contributed by atoms with van der Waals surface area (Å²) >= 11 is 0. The van der Waals surface area contributed by atoms with Gasteiger partial charge in [-0.1, -0.05) is 17.9 Å². The van der Waals surface area contributed by atoms with E-state index in [4.69, 9.17) is 5.73 Å². The Kier molecular flexibility index (Phi) is 5.90. The number of primary amides is 1. The van der Waals surface area contributed by atoms with Crippen LogP contribution in [-0.2, 0) is 6.54 Å². The zero-order chi connectivity index (χ0) is 20.9. The summed E-state index contributed by atoms with van der Waals surface area (Å²) in [6.45, 7) is 4.14. The number of nitrogens with one attached hydrogen (secondary N) is 1. The number of aromatic nitrogens is 4. The Hall–Kier alpha value is -3.70. The monoisotopic (exact) mass is 390 g/mol. The number of anilines is 2. The van der Waals surface area contributed by atoms with Gasteiger partial charge in [0.05, 0.1) is 23.0 Å². The van der Waals surface area contributed by atoms with E-state index in [0.717, 1.165) is 5.69 Å². The molecule has 0 saturated carbocycles. The first-order chi connectivity index (χ1) is 13.8. The zero-order valence-electron chi connectivity index (χ0n) is 16.3. The summed E-state index contributed by atoms with van der Waals surface area (Å²) in [5.74, 6) is 5.86. The molecule has 0 fully saturated rings. The third kappa shape index (κ3) is 6.16. The van der Waals surface area contributed by atoms with Crippen molar-refractivity contribution in [3.05, 3.63) is 65.7 Å². The van der Waals surface area contributed by atoms with Gasteiger partial charge in [-0.2, -0.15) is 5.10 Å². The largest absolute Gasteiger partial charge is 0.390 e. The summed E-state index contributed by atoms with van der Waals surface area (Å²) in [7, 11) is 0. The SMILES string of the molecule is CC(C)(O)CCn1cc(Nc2ncc(C#Cc3cccc(C(N)=O)c3)cn2)cn1. The van der Waals surface area contributed by atoms with Crippen LogP contribution in [0.5, 0.6) is 0 Å². The summed E-state index contributed by atoms with van der Waals surface area (Å²) in [5.41, 5.74) is 7.03. The summed E-state index contributed by atoms with van der Waals surface area (Å²) in [5, 5.41) is 17.1. The maximum atomic E-state index is 11.2. The first-order valence-electron chi connectivity index (χ1n) is 9.04. The summed E-state index contributed by atoms with van der Waals surface area (Å²) in [6.07, 6.45) is 7.32. The second-order valence-electron chi connectivity index (χ2n) is 7.17. The number of nitrogens with two attached hydrogens (primary N) is 1. The maximum absolute atomic E-state index is 11.2. The minimum Gasteiger partial charge on any atom is -0.390 e. The first kappa shape index (κ1) is 20.0. The maximum Gasteiger partial charge on any atom is 0.248 e. The highest BCUT2D eigenvalue weighted by Gasteiger charge is 2.12. The molecular weight excluding hydrogens is 368 g/mol. The van der Waals surface area contributed by atoms with Crippen LogP contribution in [0.25, 0.3) is 0 Å². The van der Waals surface area contributed by atoms with Crippen LogP contribution in [-0.4, -0.2) is 36.4 Å². The normalized spacial score (nSPS) is 10.9. The van der Waals surface area contributed by atoms with Crippen LogP contribution in [0.1, 0.15) is 41.8 Å². The molecule has 0 atom stereocenters. The molecule has 0 aliphatic rings. The molecular formula is C21H22N6O2. The highest BCUT2D eigenvalue weighted by atomic mass is 16.3. The summed E-state index contributed by atoms with van der Waals surface area (Å²) < 4.78 is 1.75. The highest BCUT2D eigenvalue weighted by molar-refractivity contribution is 5.93. The fraction of sp³-hybridized carbons (Fsp3) is 0.238.